The molecule has 14 heavy (non-hydrogen) atoms. The van der Waals surface area contributed by atoms with E-state index in [2.05, 4.69) is 35.1 Å². The van der Waals surface area contributed by atoms with E-state index < -0.39 is 0 Å². The van der Waals surface area contributed by atoms with Crippen molar-refractivity contribution in [2.45, 2.75) is 26.3 Å². The molecule has 0 aliphatic carbocycles. The Labute approximate surface area is 93.5 Å². The average molecular weight is 258 g/mol. The zero-order valence-electron chi connectivity index (χ0n) is 8.55. The van der Waals surface area contributed by atoms with E-state index in [0.29, 0.717) is 11.8 Å². The van der Waals surface area contributed by atoms with Gasteiger partial charge in [-0.15, -0.1) is 0 Å². The normalized spacial score (nSPS) is 12.8. The summed E-state index contributed by atoms with van der Waals surface area (Å²) >= 11 is 3.44. The molecular formula is C11H16BrNO. The lowest BCUT2D eigenvalue weighted by molar-refractivity contribution is 0.474. The minimum atomic E-state index is 0.295. The van der Waals surface area contributed by atoms with Crippen LogP contribution in [0.3, 0.4) is 0 Å². The summed E-state index contributed by atoms with van der Waals surface area (Å²) in [5.41, 5.74) is 1.18. The molecule has 0 saturated heterocycles. The molecule has 3 heteroatoms. The van der Waals surface area contributed by atoms with E-state index in [1.54, 1.807) is 12.1 Å². The summed E-state index contributed by atoms with van der Waals surface area (Å²) in [6.45, 7) is 5.27. The molecule has 0 heterocycles. The number of phenols is 1. The molecule has 1 rings (SSSR count). The Balaban J connectivity index is 2.74. The van der Waals surface area contributed by atoms with Gasteiger partial charge in [-0.25, -0.2) is 0 Å². The van der Waals surface area contributed by atoms with Gasteiger partial charge in [0.15, 0.2) is 0 Å². The van der Waals surface area contributed by atoms with Crippen molar-refractivity contribution in [3.63, 3.8) is 0 Å². The lowest BCUT2D eigenvalue weighted by atomic mass is 10.1. The summed E-state index contributed by atoms with van der Waals surface area (Å²) in [5, 5.41) is 12.6. The predicted molar refractivity (Wildman–Crippen MR) is 62.5 cm³/mol. The van der Waals surface area contributed by atoms with Crippen LogP contribution in [-0.2, 0) is 0 Å². The van der Waals surface area contributed by atoms with E-state index in [1.807, 2.05) is 6.07 Å². The number of rotatable bonds is 4. The Kier molecular flexibility index (Phi) is 4.42. The van der Waals surface area contributed by atoms with Crippen LogP contribution < -0.4 is 5.32 Å². The van der Waals surface area contributed by atoms with Gasteiger partial charge in [-0.1, -0.05) is 28.9 Å². The fourth-order valence-corrected chi connectivity index (χ4v) is 2.05. The molecule has 2 nitrogen and oxygen atoms in total. The minimum absolute atomic E-state index is 0.295. The van der Waals surface area contributed by atoms with Crippen LogP contribution in [0.5, 0.6) is 5.75 Å². The van der Waals surface area contributed by atoms with Crippen molar-refractivity contribution in [1.82, 2.24) is 5.32 Å². The van der Waals surface area contributed by atoms with Crippen molar-refractivity contribution < 1.29 is 5.11 Å². The fourth-order valence-electron chi connectivity index (χ4n) is 1.34. The highest BCUT2D eigenvalue weighted by molar-refractivity contribution is 9.10. The third-order valence-corrected chi connectivity index (χ3v) is 2.84. The minimum Gasteiger partial charge on any atom is -0.508 e. The van der Waals surface area contributed by atoms with Crippen LogP contribution in [0, 0.1) is 0 Å². The molecule has 78 valence electrons. The zero-order chi connectivity index (χ0) is 10.6. The van der Waals surface area contributed by atoms with Crippen molar-refractivity contribution in [2.75, 3.05) is 6.54 Å². The molecule has 1 unspecified atom stereocenters. The van der Waals surface area contributed by atoms with Gasteiger partial charge < -0.3 is 10.4 Å². The summed E-state index contributed by atoms with van der Waals surface area (Å²) in [6, 6.07) is 5.68. The molecule has 0 aromatic heterocycles. The molecule has 0 saturated carbocycles. The quantitative estimate of drug-likeness (QED) is 0.869. The van der Waals surface area contributed by atoms with Crippen LogP contribution in [0.1, 0.15) is 31.9 Å². The third-order valence-electron chi connectivity index (χ3n) is 2.15. The van der Waals surface area contributed by atoms with Crippen molar-refractivity contribution in [2.24, 2.45) is 0 Å². The molecule has 0 amide bonds. The lowest BCUT2D eigenvalue weighted by Gasteiger charge is -2.15. The topological polar surface area (TPSA) is 32.3 Å². The number of benzene rings is 1. The van der Waals surface area contributed by atoms with Crippen LogP contribution in [-0.4, -0.2) is 11.7 Å². The van der Waals surface area contributed by atoms with Gasteiger partial charge in [0.05, 0.1) is 0 Å². The Morgan fingerprint density at radius 2 is 2.21 bits per heavy atom. The number of hydrogen-bond donors (Lipinski definition) is 2. The molecule has 0 radical (unpaired) electrons. The second kappa shape index (κ2) is 5.37. The highest BCUT2D eigenvalue weighted by atomic mass is 79.9. The summed E-state index contributed by atoms with van der Waals surface area (Å²) in [4.78, 5) is 0. The Morgan fingerprint density at radius 3 is 2.79 bits per heavy atom. The van der Waals surface area contributed by atoms with Gasteiger partial charge in [0.25, 0.3) is 0 Å². The summed E-state index contributed by atoms with van der Waals surface area (Å²) < 4.78 is 0.952. The van der Waals surface area contributed by atoms with E-state index in [0.717, 1.165) is 17.4 Å². The molecule has 0 bridgehead atoms. The summed E-state index contributed by atoms with van der Waals surface area (Å²) in [7, 11) is 0. The van der Waals surface area contributed by atoms with Crippen molar-refractivity contribution in [3.05, 3.63) is 28.2 Å². The molecule has 2 N–H and O–H groups in total. The second-order valence-electron chi connectivity index (χ2n) is 3.38. The largest absolute Gasteiger partial charge is 0.508 e. The van der Waals surface area contributed by atoms with Gasteiger partial charge in [0.1, 0.15) is 5.75 Å². The molecular weight excluding hydrogens is 242 g/mol. The standard InChI is InChI=1S/C11H16BrNO/c1-3-6-13-8(2)10-5-4-9(14)7-11(10)12/h4-5,7-8,13-14H,3,6H2,1-2H3. The molecule has 1 aromatic carbocycles. The molecule has 1 aromatic rings. The molecule has 1 atom stereocenters. The zero-order valence-corrected chi connectivity index (χ0v) is 10.1. The number of nitrogens with one attached hydrogen (secondary N) is 1. The smallest absolute Gasteiger partial charge is 0.116 e. The SMILES string of the molecule is CCCNC(C)c1ccc(O)cc1Br. The first-order valence-electron chi connectivity index (χ1n) is 4.87. The van der Waals surface area contributed by atoms with E-state index >= 15 is 0 Å². The van der Waals surface area contributed by atoms with E-state index in [4.69, 9.17) is 0 Å². The van der Waals surface area contributed by atoms with Crippen molar-refractivity contribution in [1.29, 1.82) is 0 Å². The number of hydrogen-bond acceptors (Lipinski definition) is 2. The maximum absolute atomic E-state index is 9.24. The van der Waals surface area contributed by atoms with E-state index in [-0.39, 0.29) is 0 Å². The Bertz CT molecular complexity index is 301. The van der Waals surface area contributed by atoms with Crippen molar-refractivity contribution in [3.8, 4) is 5.75 Å². The van der Waals surface area contributed by atoms with Gasteiger partial charge in [-0.05, 0) is 37.6 Å². The van der Waals surface area contributed by atoms with E-state index in [1.165, 1.54) is 5.56 Å². The maximum atomic E-state index is 9.24. The van der Waals surface area contributed by atoms with Gasteiger partial charge in [-0.2, -0.15) is 0 Å². The first-order chi connectivity index (χ1) is 6.65. The van der Waals surface area contributed by atoms with Gasteiger partial charge in [-0.3, -0.25) is 0 Å². The lowest BCUT2D eigenvalue weighted by Crippen LogP contribution is -2.19. The maximum Gasteiger partial charge on any atom is 0.116 e. The predicted octanol–water partition coefficient (Wildman–Crippen LogP) is 3.22. The summed E-state index contributed by atoms with van der Waals surface area (Å²) in [6.07, 6.45) is 1.13. The third kappa shape index (κ3) is 3.00. The number of aromatic hydroxyl groups is 1. The van der Waals surface area contributed by atoms with Crippen molar-refractivity contribution >= 4 is 15.9 Å². The first-order valence-corrected chi connectivity index (χ1v) is 5.66. The van der Waals surface area contributed by atoms with Crippen LogP contribution in [0.2, 0.25) is 0 Å². The van der Waals surface area contributed by atoms with Gasteiger partial charge in [0.2, 0.25) is 0 Å². The second-order valence-corrected chi connectivity index (χ2v) is 4.24. The molecule has 0 aliphatic rings. The highest BCUT2D eigenvalue weighted by Crippen LogP contribution is 2.26. The van der Waals surface area contributed by atoms with Gasteiger partial charge in [0, 0.05) is 10.5 Å². The average Bonchev–Trinajstić information content (AvgIpc) is 2.14. The Hall–Kier alpha value is -0.540. The molecule has 0 spiro atoms. The number of halogens is 1. The van der Waals surface area contributed by atoms with Crippen LogP contribution in [0.15, 0.2) is 22.7 Å². The van der Waals surface area contributed by atoms with E-state index in [9.17, 15) is 5.11 Å². The molecule has 0 aliphatic heterocycles. The van der Waals surface area contributed by atoms with Crippen LogP contribution in [0.25, 0.3) is 0 Å². The molecule has 0 fully saturated rings. The van der Waals surface area contributed by atoms with Gasteiger partial charge >= 0.3 is 0 Å². The summed E-state index contributed by atoms with van der Waals surface area (Å²) in [5.74, 6) is 0.295. The fraction of sp³-hybridized carbons (Fsp3) is 0.455. The van der Waals surface area contributed by atoms with Crippen LogP contribution in [0.4, 0.5) is 0 Å². The highest BCUT2D eigenvalue weighted by Gasteiger charge is 2.08. The number of phenolic OH excluding ortho intramolecular Hbond substituents is 1. The Morgan fingerprint density at radius 1 is 1.50 bits per heavy atom. The monoisotopic (exact) mass is 257 g/mol. The first kappa shape index (κ1) is 11.5. The van der Waals surface area contributed by atoms with Crippen LogP contribution >= 0.6 is 15.9 Å².